The Bertz CT molecular complexity index is 1420. The summed E-state index contributed by atoms with van der Waals surface area (Å²) in [4.78, 5) is 55.2. The van der Waals surface area contributed by atoms with Crippen molar-refractivity contribution in [1.29, 1.82) is 0 Å². The molecular weight excluding hydrogens is 584 g/mol. The van der Waals surface area contributed by atoms with E-state index < -0.39 is 23.9 Å². The number of nitrogens with zero attached hydrogens (tertiary/aromatic N) is 1. The zero-order chi connectivity index (χ0) is 32.6. The quantitative estimate of drug-likeness (QED) is 0.341. The van der Waals surface area contributed by atoms with Crippen LogP contribution in [0.5, 0.6) is 11.5 Å². The van der Waals surface area contributed by atoms with Gasteiger partial charge in [-0.05, 0) is 49.1 Å². The lowest BCUT2D eigenvalue weighted by molar-refractivity contribution is -0.135. The third-order valence-electron chi connectivity index (χ3n) is 7.76. The Labute approximate surface area is 270 Å². The summed E-state index contributed by atoms with van der Waals surface area (Å²) in [7, 11) is 1.76. The van der Waals surface area contributed by atoms with Crippen molar-refractivity contribution in [2.75, 3.05) is 33.4 Å². The van der Waals surface area contributed by atoms with E-state index >= 15 is 0 Å². The first-order valence-corrected chi connectivity index (χ1v) is 16.0. The molecule has 0 saturated heterocycles. The summed E-state index contributed by atoms with van der Waals surface area (Å²) in [5.74, 6) is -0.374. The lowest BCUT2D eigenvalue weighted by Gasteiger charge is -2.25. The Kier molecular flexibility index (Phi) is 13.5. The van der Waals surface area contributed by atoms with Gasteiger partial charge in [-0.2, -0.15) is 0 Å². The number of fused-ring (bicyclic) bond motifs is 1. The van der Waals surface area contributed by atoms with Gasteiger partial charge in [-0.15, -0.1) is 0 Å². The molecule has 10 nitrogen and oxygen atoms in total. The standard InChI is InChI=1S/C36H44N4O6/c1-40-23-12-2-3-13-24-46-32-19-11-10-18-29(32)34(42)39-30(35(43)37-22-25-45-28-16-8-5-9-17-28)20-21-33(41)38-31(36(40)44)26-27-14-6-4-7-15-27/h4-11,14-19,30-31H,2-3,12-13,20-26H2,1H3,(H,37,43)(H,38,41)(H,39,42)/t30-,31-/m0/s1. The maximum absolute atomic E-state index is 13.5. The minimum Gasteiger partial charge on any atom is -0.493 e. The molecule has 3 N–H and O–H groups in total. The van der Waals surface area contributed by atoms with Gasteiger partial charge in [0.15, 0.2) is 0 Å². The predicted octanol–water partition coefficient (Wildman–Crippen LogP) is 3.90. The van der Waals surface area contributed by atoms with Crippen LogP contribution in [0.15, 0.2) is 84.9 Å². The highest BCUT2D eigenvalue weighted by Gasteiger charge is 2.27. The fraction of sp³-hybridized carbons (Fsp3) is 0.389. The summed E-state index contributed by atoms with van der Waals surface area (Å²) in [6, 6.07) is 23.9. The number of ether oxygens (including phenoxy) is 2. The summed E-state index contributed by atoms with van der Waals surface area (Å²) in [5.41, 5.74) is 1.24. The molecule has 0 aliphatic carbocycles. The van der Waals surface area contributed by atoms with E-state index in [0.29, 0.717) is 36.6 Å². The van der Waals surface area contributed by atoms with Crippen molar-refractivity contribution in [3.8, 4) is 11.5 Å². The number of benzene rings is 3. The Morgan fingerprint density at radius 2 is 1.59 bits per heavy atom. The van der Waals surface area contributed by atoms with Gasteiger partial charge in [0.1, 0.15) is 30.2 Å². The zero-order valence-electron chi connectivity index (χ0n) is 26.4. The number of likely N-dealkylation sites (N-methyl/N-ethyl adjacent to an activating group) is 1. The van der Waals surface area contributed by atoms with E-state index in [0.717, 1.165) is 31.2 Å². The van der Waals surface area contributed by atoms with Crippen LogP contribution in [0.3, 0.4) is 0 Å². The van der Waals surface area contributed by atoms with Gasteiger partial charge in [0.2, 0.25) is 17.7 Å². The van der Waals surface area contributed by atoms with Crippen molar-refractivity contribution in [2.24, 2.45) is 0 Å². The minimum absolute atomic E-state index is 0.0219. The number of para-hydroxylation sites is 2. The van der Waals surface area contributed by atoms with E-state index in [1.807, 2.05) is 60.7 Å². The Morgan fingerprint density at radius 3 is 2.37 bits per heavy atom. The molecule has 0 aromatic heterocycles. The fourth-order valence-electron chi connectivity index (χ4n) is 5.22. The van der Waals surface area contributed by atoms with Crippen molar-refractivity contribution >= 4 is 23.6 Å². The smallest absolute Gasteiger partial charge is 0.255 e. The van der Waals surface area contributed by atoms with Gasteiger partial charge in [-0.25, -0.2) is 0 Å². The highest BCUT2D eigenvalue weighted by atomic mass is 16.5. The van der Waals surface area contributed by atoms with Gasteiger partial charge in [0.25, 0.3) is 5.91 Å². The molecule has 46 heavy (non-hydrogen) atoms. The molecule has 4 amide bonds. The van der Waals surface area contributed by atoms with Crippen molar-refractivity contribution < 1.29 is 28.7 Å². The molecule has 4 rings (SSSR count). The molecule has 1 heterocycles. The monoisotopic (exact) mass is 628 g/mol. The molecule has 10 heteroatoms. The first-order chi connectivity index (χ1) is 22.4. The molecule has 244 valence electrons. The number of hydrogen-bond acceptors (Lipinski definition) is 6. The van der Waals surface area contributed by atoms with Gasteiger partial charge < -0.3 is 30.3 Å². The molecular formula is C36H44N4O6. The normalized spacial score (nSPS) is 18.8. The van der Waals surface area contributed by atoms with Crippen LogP contribution in [-0.2, 0) is 20.8 Å². The average molecular weight is 629 g/mol. The van der Waals surface area contributed by atoms with Crippen molar-refractivity contribution in [3.05, 3.63) is 96.1 Å². The molecule has 0 radical (unpaired) electrons. The van der Waals surface area contributed by atoms with Gasteiger partial charge in [0, 0.05) is 26.4 Å². The van der Waals surface area contributed by atoms with Gasteiger partial charge in [0.05, 0.1) is 18.7 Å². The maximum atomic E-state index is 13.5. The Morgan fingerprint density at radius 1 is 0.891 bits per heavy atom. The van der Waals surface area contributed by atoms with E-state index in [2.05, 4.69) is 16.0 Å². The number of hydrogen-bond donors (Lipinski definition) is 3. The summed E-state index contributed by atoms with van der Waals surface area (Å²) < 4.78 is 11.6. The van der Waals surface area contributed by atoms with Crippen LogP contribution in [-0.4, -0.2) is 74.0 Å². The molecule has 1 aliphatic heterocycles. The highest BCUT2D eigenvalue weighted by molar-refractivity contribution is 5.99. The fourth-order valence-corrected chi connectivity index (χ4v) is 5.22. The lowest BCUT2D eigenvalue weighted by atomic mass is 10.0. The third kappa shape index (κ3) is 10.9. The lowest BCUT2D eigenvalue weighted by Crippen LogP contribution is -2.50. The van der Waals surface area contributed by atoms with Crippen LogP contribution < -0.4 is 25.4 Å². The third-order valence-corrected chi connectivity index (χ3v) is 7.76. The second kappa shape index (κ2) is 18.2. The van der Waals surface area contributed by atoms with Crippen LogP contribution in [0.2, 0.25) is 0 Å². The summed E-state index contributed by atoms with van der Waals surface area (Å²) in [6.07, 6.45) is 3.69. The predicted molar refractivity (Wildman–Crippen MR) is 176 cm³/mol. The van der Waals surface area contributed by atoms with Crippen LogP contribution >= 0.6 is 0 Å². The van der Waals surface area contributed by atoms with Crippen LogP contribution in [0.4, 0.5) is 0 Å². The van der Waals surface area contributed by atoms with E-state index in [4.69, 9.17) is 9.47 Å². The Balaban J connectivity index is 1.49. The van der Waals surface area contributed by atoms with Gasteiger partial charge in [-0.3, -0.25) is 19.2 Å². The van der Waals surface area contributed by atoms with E-state index in [9.17, 15) is 19.2 Å². The molecule has 3 aromatic rings. The van der Waals surface area contributed by atoms with Crippen molar-refractivity contribution in [2.45, 2.75) is 57.0 Å². The van der Waals surface area contributed by atoms with Crippen molar-refractivity contribution in [3.63, 3.8) is 0 Å². The zero-order valence-corrected chi connectivity index (χ0v) is 26.4. The number of nitrogens with one attached hydrogen (secondary N) is 3. The second-order valence-corrected chi connectivity index (χ2v) is 11.3. The first-order valence-electron chi connectivity index (χ1n) is 16.0. The van der Waals surface area contributed by atoms with E-state index in [1.165, 1.54) is 0 Å². The highest BCUT2D eigenvalue weighted by Crippen LogP contribution is 2.19. The SMILES string of the molecule is CN1CCCCCCOc2ccccc2C(=O)N[C@H](C(=O)NCCOc2ccccc2)CCC(=O)N[C@@H](Cc2ccccc2)C1=O. The average Bonchev–Trinajstić information content (AvgIpc) is 3.08. The molecule has 0 spiro atoms. The van der Waals surface area contributed by atoms with Crippen LogP contribution in [0, 0.1) is 0 Å². The number of rotatable bonds is 7. The number of carbonyl (C=O) groups excluding carboxylic acids is 4. The molecule has 0 bridgehead atoms. The molecule has 2 atom stereocenters. The summed E-state index contributed by atoms with van der Waals surface area (Å²) in [6.45, 7) is 1.43. The molecule has 1 aliphatic rings. The van der Waals surface area contributed by atoms with E-state index in [-0.39, 0.29) is 37.8 Å². The first kappa shape index (κ1) is 34.0. The van der Waals surface area contributed by atoms with Crippen LogP contribution in [0.1, 0.15) is 54.4 Å². The molecule has 0 fully saturated rings. The molecule has 0 saturated carbocycles. The van der Waals surface area contributed by atoms with E-state index in [1.54, 1.807) is 36.2 Å². The van der Waals surface area contributed by atoms with Crippen LogP contribution in [0.25, 0.3) is 0 Å². The van der Waals surface area contributed by atoms with Gasteiger partial charge in [-0.1, -0.05) is 73.5 Å². The number of amides is 4. The summed E-state index contributed by atoms with van der Waals surface area (Å²) >= 11 is 0. The Hall–Kier alpha value is -4.86. The minimum atomic E-state index is -1.02. The second-order valence-electron chi connectivity index (χ2n) is 11.3. The molecule has 3 aromatic carbocycles. The largest absolute Gasteiger partial charge is 0.493 e. The topological polar surface area (TPSA) is 126 Å². The summed E-state index contributed by atoms with van der Waals surface area (Å²) in [5, 5.41) is 8.52. The molecule has 0 unspecified atom stereocenters. The number of carbonyl (C=O) groups is 4. The van der Waals surface area contributed by atoms with Gasteiger partial charge >= 0.3 is 0 Å². The van der Waals surface area contributed by atoms with Crippen molar-refractivity contribution in [1.82, 2.24) is 20.9 Å². The maximum Gasteiger partial charge on any atom is 0.255 e.